The number of aryl methyl sites for hydroxylation is 2. The lowest BCUT2D eigenvalue weighted by Crippen LogP contribution is -2.40. The monoisotopic (exact) mass is 265 g/mol. The van der Waals surface area contributed by atoms with Gasteiger partial charge in [-0.2, -0.15) is 0 Å². The molecule has 0 aromatic carbocycles. The number of furan rings is 1. The Kier molecular flexibility index (Phi) is 3.93. The van der Waals surface area contributed by atoms with E-state index in [0.29, 0.717) is 12.8 Å². The Bertz CT molecular complexity index is 492. The number of carboxylic acids is 1. The number of amides is 1. The molecule has 0 radical (unpaired) electrons. The van der Waals surface area contributed by atoms with E-state index in [4.69, 9.17) is 9.52 Å². The quantitative estimate of drug-likeness (QED) is 0.874. The Morgan fingerprint density at radius 2 is 2.21 bits per heavy atom. The topological polar surface area (TPSA) is 79.5 Å². The summed E-state index contributed by atoms with van der Waals surface area (Å²) in [4.78, 5) is 23.1. The average molecular weight is 265 g/mol. The van der Waals surface area contributed by atoms with Crippen LogP contribution in [0.4, 0.5) is 0 Å². The summed E-state index contributed by atoms with van der Waals surface area (Å²) in [5, 5.41) is 11.9. The molecular formula is C14H19NO4. The van der Waals surface area contributed by atoms with Crippen LogP contribution in [0.1, 0.15) is 48.1 Å². The van der Waals surface area contributed by atoms with Gasteiger partial charge in [-0.25, -0.2) is 0 Å². The molecule has 1 saturated carbocycles. The van der Waals surface area contributed by atoms with Crippen LogP contribution in [0.3, 0.4) is 0 Å². The van der Waals surface area contributed by atoms with E-state index < -0.39 is 11.9 Å². The van der Waals surface area contributed by atoms with Crippen molar-refractivity contribution in [2.45, 2.75) is 45.6 Å². The van der Waals surface area contributed by atoms with Crippen molar-refractivity contribution in [1.29, 1.82) is 0 Å². The highest BCUT2D eigenvalue weighted by Gasteiger charge is 2.34. The zero-order valence-electron chi connectivity index (χ0n) is 11.2. The van der Waals surface area contributed by atoms with Crippen molar-refractivity contribution in [3.63, 3.8) is 0 Å². The van der Waals surface area contributed by atoms with E-state index in [1.807, 2.05) is 13.8 Å². The molecule has 2 N–H and O–H groups in total. The fourth-order valence-electron chi connectivity index (χ4n) is 2.65. The number of rotatable bonds is 4. The third kappa shape index (κ3) is 2.80. The molecule has 1 fully saturated rings. The van der Waals surface area contributed by atoms with Crippen molar-refractivity contribution in [1.82, 2.24) is 5.32 Å². The predicted octanol–water partition coefficient (Wildman–Crippen LogP) is 2.13. The third-order valence-electron chi connectivity index (χ3n) is 3.72. The fraction of sp³-hybridized carbons (Fsp3) is 0.571. The molecule has 0 unspecified atom stereocenters. The summed E-state index contributed by atoms with van der Waals surface area (Å²) in [6, 6.07) is 1.42. The molecule has 0 spiro atoms. The lowest BCUT2D eigenvalue weighted by molar-refractivity contribution is -0.142. The zero-order chi connectivity index (χ0) is 14.0. The number of hydrogen-bond acceptors (Lipinski definition) is 3. The lowest BCUT2D eigenvalue weighted by atomic mass is 10.0. The van der Waals surface area contributed by atoms with Crippen molar-refractivity contribution in [3.8, 4) is 0 Å². The lowest BCUT2D eigenvalue weighted by Gasteiger charge is -2.16. The minimum absolute atomic E-state index is 0.269. The van der Waals surface area contributed by atoms with E-state index in [0.717, 1.165) is 24.2 Å². The van der Waals surface area contributed by atoms with Crippen LogP contribution >= 0.6 is 0 Å². The van der Waals surface area contributed by atoms with Crippen molar-refractivity contribution < 1.29 is 19.1 Å². The molecule has 5 heteroatoms. The van der Waals surface area contributed by atoms with Gasteiger partial charge in [0.15, 0.2) is 5.76 Å². The van der Waals surface area contributed by atoms with E-state index in [-0.39, 0.29) is 17.7 Å². The second-order valence-electron chi connectivity index (χ2n) is 5.03. The van der Waals surface area contributed by atoms with Crippen molar-refractivity contribution in [2.24, 2.45) is 5.92 Å². The fourth-order valence-corrected chi connectivity index (χ4v) is 2.65. The summed E-state index contributed by atoms with van der Waals surface area (Å²) < 4.78 is 5.47. The molecule has 1 aromatic heterocycles. The van der Waals surface area contributed by atoms with E-state index in [1.165, 1.54) is 0 Å². The second kappa shape index (κ2) is 5.47. The smallest absolute Gasteiger partial charge is 0.308 e. The summed E-state index contributed by atoms with van der Waals surface area (Å²) >= 11 is 0. The Morgan fingerprint density at radius 3 is 2.79 bits per heavy atom. The first kappa shape index (κ1) is 13.6. The van der Waals surface area contributed by atoms with Gasteiger partial charge < -0.3 is 14.8 Å². The third-order valence-corrected chi connectivity index (χ3v) is 3.72. The molecule has 19 heavy (non-hydrogen) atoms. The van der Waals surface area contributed by atoms with Gasteiger partial charge in [0, 0.05) is 12.5 Å². The van der Waals surface area contributed by atoms with Crippen LogP contribution in [-0.2, 0) is 11.2 Å². The molecule has 1 aliphatic rings. The molecular weight excluding hydrogens is 246 g/mol. The zero-order valence-corrected chi connectivity index (χ0v) is 11.2. The highest BCUT2D eigenvalue weighted by atomic mass is 16.4. The van der Waals surface area contributed by atoms with Gasteiger partial charge in [-0.3, -0.25) is 9.59 Å². The van der Waals surface area contributed by atoms with Crippen LogP contribution in [-0.4, -0.2) is 23.0 Å². The molecule has 0 saturated heterocycles. The van der Waals surface area contributed by atoms with Crippen LogP contribution in [0.2, 0.25) is 0 Å². The van der Waals surface area contributed by atoms with Crippen LogP contribution in [0.25, 0.3) is 0 Å². The Hall–Kier alpha value is -1.78. The number of hydrogen-bond donors (Lipinski definition) is 2. The minimum Gasteiger partial charge on any atom is -0.481 e. The van der Waals surface area contributed by atoms with Crippen LogP contribution < -0.4 is 5.32 Å². The van der Waals surface area contributed by atoms with Crippen molar-refractivity contribution >= 4 is 11.9 Å². The largest absolute Gasteiger partial charge is 0.481 e. The molecule has 2 rings (SSSR count). The molecule has 1 aromatic rings. The number of carbonyl (C=O) groups is 2. The Labute approximate surface area is 112 Å². The van der Waals surface area contributed by atoms with Crippen LogP contribution in [0, 0.1) is 12.8 Å². The standard InChI is InChI=1S/C14H19NO4/c1-3-11-8(2)7-12(19-11)13(16)15-10-6-4-5-9(10)14(17)18/h7,9-10H,3-6H2,1-2H3,(H,15,16)(H,17,18)/t9-,10+/m0/s1. The summed E-state index contributed by atoms with van der Waals surface area (Å²) in [5.41, 5.74) is 0.953. The van der Waals surface area contributed by atoms with Crippen molar-refractivity contribution in [3.05, 3.63) is 23.2 Å². The molecule has 1 heterocycles. The molecule has 5 nitrogen and oxygen atoms in total. The van der Waals surface area contributed by atoms with Gasteiger partial charge in [0.25, 0.3) is 5.91 Å². The number of aliphatic carboxylic acids is 1. The normalized spacial score (nSPS) is 22.4. The van der Waals surface area contributed by atoms with Crippen molar-refractivity contribution in [2.75, 3.05) is 0 Å². The Balaban J connectivity index is 2.06. The first-order valence-electron chi connectivity index (χ1n) is 6.66. The second-order valence-corrected chi connectivity index (χ2v) is 5.03. The molecule has 1 amide bonds. The maximum absolute atomic E-state index is 12.1. The Morgan fingerprint density at radius 1 is 1.47 bits per heavy atom. The average Bonchev–Trinajstić information content (AvgIpc) is 2.95. The van der Waals surface area contributed by atoms with E-state index in [2.05, 4.69) is 5.32 Å². The molecule has 0 bridgehead atoms. The van der Waals surface area contributed by atoms with Crippen LogP contribution in [0.5, 0.6) is 0 Å². The summed E-state index contributed by atoms with van der Waals surface area (Å²) in [6.45, 7) is 3.86. The van der Waals surface area contributed by atoms with Crippen LogP contribution in [0.15, 0.2) is 10.5 Å². The summed E-state index contributed by atoms with van der Waals surface area (Å²) in [5.74, 6) is -0.573. The van der Waals surface area contributed by atoms with E-state index in [9.17, 15) is 9.59 Å². The minimum atomic E-state index is -0.840. The predicted molar refractivity (Wildman–Crippen MR) is 69.1 cm³/mol. The SMILES string of the molecule is CCc1oc(C(=O)N[C@@H]2CCC[C@@H]2C(=O)O)cc1C. The number of carbonyl (C=O) groups excluding carboxylic acids is 1. The highest BCUT2D eigenvalue weighted by molar-refractivity contribution is 5.92. The molecule has 0 aliphatic heterocycles. The molecule has 104 valence electrons. The number of nitrogens with one attached hydrogen (secondary N) is 1. The van der Waals surface area contributed by atoms with Gasteiger partial charge in [-0.05, 0) is 31.4 Å². The van der Waals surface area contributed by atoms with E-state index >= 15 is 0 Å². The van der Waals surface area contributed by atoms with Gasteiger partial charge in [0.1, 0.15) is 5.76 Å². The summed E-state index contributed by atoms with van der Waals surface area (Å²) in [6.07, 6.45) is 2.90. The molecule has 2 atom stereocenters. The number of carboxylic acid groups (broad SMARTS) is 1. The maximum atomic E-state index is 12.1. The first-order chi connectivity index (χ1) is 9.02. The molecule has 1 aliphatic carbocycles. The van der Waals surface area contributed by atoms with Gasteiger partial charge >= 0.3 is 5.97 Å². The van der Waals surface area contributed by atoms with Gasteiger partial charge in [0.2, 0.25) is 0 Å². The van der Waals surface area contributed by atoms with Gasteiger partial charge in [0.05, 0.1) is 5.92 Å². The summed E-state index contributed by atoms with van der Waals surface area (Å²) in [7, 11) is 0. The highest BCUT2D eigenvalue weighted by Crippen LogP contribution is 2.26. The first-order valence-corrected chi connectivity index (χ1v) is 6.66. The van der Waals surface area contributed by atoms with Gasteiger partial charge in [-0.1, -0.05) is 13.3 Å². The van der Waals surface area contributed by atoms with E-state index in [1.54, 1.807) is 6.07 Å². The maximum Gasteiger partial charge on any atom is 0.308 e. The van der Waals surface area contributed by atoms with Gasteiger partial charge in [-0.15, -0.1) is 0 Å².